The lowest BCUT2D eigenvalue weighted by Gasteiger charge is -2.06. The van der Waals surface area contributed by atoms with Crippen LogP contribution in [0.25, 0.3) is 11.0 Å². The van der Waals surface area contributed by atoms with E-state index in [9.17, 15) is 13.2 Å². The maximum atomic E-state index is 12.6. The molecule has 0 saturated heterocycles. The van der Waals surface area contributed by atoms with E-state index in [2.05, 4.69) is 9.68 Å². The van der Waals surface area contributed by atoms with Crippen molar-refractivity contribution in [3.8, 4) is 5.75 Å². The summed E-state index contributed by atoms with van der Waals surface area (Å²) in [6, 6.07) is 2.53. The summed E-state index contributed by atoms with van der Waals surface area (Å²) in [7, 11) is 0. The quantitative estimate of drug-likeness (QED) is 0.939. The minimum atomic E-state index is -4.59. The van der Waals surface area contributed by atoms with Crippen LogP contribution in [-0.4, -0.2) is 18.3 Å². The number of alkyl halides is 3. The van der Waals surface area contributed by atoms with Gasteiger partial charge in [0.2, 0.25) is 0 Å². The SMILES string of the molecule is NCCOc1ccc2c(C(F)(F)F)noc2c1Cl. The second-order valence-corrected chi connectivity index (χ2v) is 3.80. The third kappa shape index (κ3) is 2.23. The zero-order valence-corrected chi connectivity index (χ0v) is 9.68. The molecule has 4 nitrogen and oxygen atoms in total. The van der Waals surface area contributed by atoms with Crippen molar-refractivity contribution in [2.75, 3.05) is 13.2 Å². The maximum absolute atomic E-state index is 12.6. The Hall–Kier alpha value is -1.47. The van der Waals surface area contributed by atoms with E-state index in [1.54, 1.807) is 0 Å². The van der Waals surface area contributed by atoms with Crippen LogP contribution in [0.3, 0.4) is 0 Å². The van der Waals surface area contributed by atoms with E-state index in [1.165, 1.54) is 12.1 Å². The first-order valence-corrected chi connectivity index (χ1v) is 5.31. The van der Waals surface area contributed by atoms with Gasteiger partial charge >= 0.3 is 6.18 Å². The number of aromatic nitrogens is 1. The number of nitrogens with two attached hydrogens (primary N) is 1. The van der Waals surface area contributed by atoms with Crippen molar-refractivity contribution in [3.05, 3.63) is 22.8 Å². The van der Waals surface area contributed by atoms with E-state index in [1.807, 2.05) is 0 Å². The molecule has 2 aromatic rings. The van der Waals surface area contributed by atoms with Gasteiger partial charge in [0, 0.05) is 6.54 Å². The summed E-state index contributed by atoms with van der Waals surface area (Å²) in [5.41, 5.74) is 3.99. The van der Waals surface area contributed by atoms with Crippen LogP contribution in [-0.2, 0) is 6.18 Å². The molecular formula is C10H8ClF3N2O2. The van der Waals surface area contributed by atoms with Crippen LogP contribution in [0.15, 0.2) is 16.7 Å². The van der Waals surface area contributed by atoms with Gasteiger partial charge in [0.05, 0.1) is 5.39 Å². The average molecular weight is 281 g/mol. The Balaban J connectivity index is 2.50. The van der Waals surface area contributed by atoms with Gasteiger partial charge in [-0.25, -0.2) is 0 Å². The highest BCUT2D eigenvalue weighted by atomic mass is 35.5. The minimum Gasteiger partial charge on any atom is -0.491 e. The zero-order valence-electron chi connectivity index (χ0n) is 8.92. The summed E-state index contributed by atoms with van der Waals surface area (Å²) in [4.78, 5) is 0. The molecular weight excluding hydrogens is 273 g/mol. The van der Waals surface area contributed by atoms with Crippen molar-refractivity contribution < 1.29 is 22.4 Å². The first-order chi connectivity index (χ1) is 8.45. The number of hydrogen-bond acceptors (Lipinski definition) is 4. The topological polar surface area (TPSA) is 61.3 Å². The van der Waals surface area contributed by atoms with Crippen LogP contribution < -0.4 is 10.5 Å². The van der Waals surface area contributed by atoms with E-state index in [-0.39, 0.29) is 34.9 Å². The van der Waals surface area contributed by atoms with Crippen LogP contribution in [0.4, 0.5) is 13.2 Å². The Kier molecular flexibility index (Phi) is 3.36. The van der Waals surface area contributed by atoms with E-state index >= 15 is 0 Å². The number of fused-ring (bicyclic) bond motifs is 1. The Bertz CT molecular complexity index is 568. The van der Waals surface area contributed by atoms with Gasteiger partial charge < -0.3 is 15.0 Å². The van der Waals surface area contributed by atoms with Gasteiger partial charge in [0.15, 0.2) is 11.3 Å². The Morgan fingerprint density at radius 1 is 1.39 bits per heavy atom. The highest BCUT2D eigenvalue weighted by Gasteiger charge is 2.37. The van der Waals surface area contributed by atoms with Crippen molar-refractivity contribution >= 4 is 22.6 Å². The zero-order chi connectivity index (χ0) is 13.3. The third-order valence-electron chi connectivity index (χ3n) is 2.19. The Labute approximate surface area is 104 Å². The predicted molar refractivity (Wildman–Crippen MR) is 58.6 cm³/mol. The maximum Gasteiger partial charge on any atom is 0.437 e. The van der Waals surface area contributed by atoms with Gasteiger partial charge in [-0.2, -0.15) is 13.2 Å². The molecule has 2 rings (SSSR count). The molecule has 1 heterocycles. The smallest absolute Gasteiger partial charge is 0.437 e. The van der Waals surface area contributed by atoms with Crippen molar-refractivity contribution in [1.82, 2.24) is 5.16 Å². The lowest BCUT2D eigenvalue weighted by atomic mass is 10.2. The lowest BCUT2D eigenvalue weighted by molar-refractivity contribution is -0.141. The summed E-state index contributed by atoms with van der Waals surface area (Å²) in [6.07, 6.45) is -4.59. The van der Waals surface area contributed by atoms with Gasteiger partial charge in [0.25, 0.3) is 0 Å². The molecule has 0 bridgehead atoms. The molecule has 0 aliphatic heterocycles. The van der Waals surface area contributed by atoms with E-state index < -0.39 is 11.9 Å². The second kappa shape index (κ2) is 4.66. The predicted octanol–water partition coefficient (Wildman–Crippen LogP) is 2.84. The fourth-order valence-corrected chi connectivity index (χ4v) is 1.69. The molecule has 0 radical (unpaired) electrons. The third-order valence-corrected chi connectivity index (χ3v) is 2.55. The minimum absolute atomic E-state index is 0.0519. The lowest BCUT2D eigenvalue weighted by Crippen LogP contribution is -2.10. The van der Waals surface area contributed by atoms with Crippen molar-refractivity contribution in [3.63, 3.8) is 0 Å². The van der Waals surface area contributed by atoms with Crippen LogP contribution >= 0.6 is 11.6 Å². The summed E-state index contributed by atoms with van der Waals surface area (Å²) in [5.74, 6) is 0.208. The molecule has 8 heteroatoms. The molecule has 0 aliphatic rings. The standard InChI is InChI=1S/C10H8ClF3N2O2/c11-7-6(17-4-3-15)2-1-5-8(7)18-16-9(5)10(12,13)14/h1-2H,3-4,15H2. The molecule has 18 heavy (non-hydrogen) atoms. The van der Waals surface area contributed by atoms with Crippen LogP contribution in [0.1, 0.15) is 5.69 Å². The van der Waals surface area contributed by atoms with E-state index in [4.69, 9.17) is 22.1 Å². The van der Waals surface area contributed by atoms with Gasteiger partial charge in [-0.3, -0.25) is 0 Å². The first-order valence-electron chi connectivity index (χ1n) is 4.93. The summed E-state index contributed by atoms with van der Waals surface area (Å²) >= 11 is 5.87. The number of halogens is 4. The van der Waals surface area contributed by atoms with Gasteiger partial charge in [-0.1, -0.05) is 16.8 Å². The summed E-state index contributed by atoms with van der Waals surface area (Å²) < 4.78 is 47.5. The van der Waals surface area contributed by atoms with Crippen LogP contribution in [0.5, 0.6) is 5.75 Å². The molecule has 98 valence electrons. The number of benzene rings is 1. The summed E-state index contributed by atoms with van der Waals surface area (Å²) in [5, 5.41) is 2.73. The van der Waals surface area contributed by atoms with Crippen molar-refractivity contribution in [1.29, 1.82) is 0 Å². The molecule has 0 amide bonds. The van der Waals surface area contributed by atoms with Gasteiger partial charge in [0.1, 0.15) is 17.4 Å². The van der Waals surface area contributed by atoms with Gasteiger partial charge in [-0.15, -0.1) is 0 Å². The fraction of sp³-hybridized carbons (Fsp3) is 0.300. The first kappa shape index (κ1) is 13.0. The molecule has 1 aromatic heterocycles. The molecule has 0 atom stereocenters. The Morgan fingerprint density at radius 2 is 2.11 bits per heavy atom. The largest absolute Gasteiger partial charge is 0.491 e. The number of nitrogens with zero attached hydrogens (tertiary/aromatic N) is 1. The molecule has 0 fully saturated rings. The van der Waals surface area contributed by atoms with Gasteiger partial charge in [-0.05, 0) is 12.1 Å². The van der Waals surface area contributed by atoms with Crippen LogP contribution in [0.2, 0.25) is 5.02 Å². The molecule has 0 unspecified atom stereocenters. The number of rotatable bonds is 3. The normalized spacial score (nSPS) is 12.1. The fourth-order valence-electron chi connectivity index (χ4n) is 1.44. The van der Waals surface area contributed by atoms with E-state index in [0.717, 1.165) is 0 Å². The monoisotopic (exact) mass is 280 g/mol. The Morgan fingerprint density at radius 3 is 2.72 bits per heavy atom. The molecule has 2 N–H and O–H groups in total. The van der Waals surface area contributed by atoms with Crippen molar-refractivity contribution in [2.24, 2.45) is 5.73 Å². The molecule has 0 aliphatic carbocycles. The van der Waals surface area contributed by atoms with Crippen LogP contribution in [0, 0.1) is 0 Å². The van der Waals surface area contributed by atoms with E-state index in [0.29, 0.717) is 0 Å². The highest BCUT2D eigenvalue weighted by Crippen LogP contribution is 2.39. The molecule has 0 spiro atoms. The molecule has 1 aromatic carbocycles. The second-order valence-electron chi connectivity index (χ2n) is 3.42. The summed E-state index contributed by atoms with van der Waals surface area (Å²) in [6.45, 7) is 0.462. The molecule has 0 saturated carbocycles. The number of hydrogen-bond donors (Lipinski definition) is 1. The number of ether oxygens (including phenoxy) is 1. The average Bonchev–Trinajstić information content (AvgIpc) is 2.72. The van der Waals surface area contributed by atoms with Crippen molar-refractivity contribution in [2.45, 2.75) is 6.18 Å². The highest BCUT2D eigenvalue weighted by molar-refractivity contribution is 6.36.